The van der Waals surface area contributed by atoms with Gasteiger partial charge >= 0.3 is 59.1 Å². The molecule has 0 spiro atoms. The van der Waals surface area contributed by atoms with Crippen LogP contribution in [0.1, 0.15) is 22.3 Å². The third kappa shape index (κ3) is 8.06. The number of carbonyl (C=O) groups excluding carboxylic acids is 2. The second-order valence-electron chi connectivity index (χ2n) is 3.31. The van der Waals surface area contributed by atoms with Crippen LogP contribution in [0.2, 0.25) is 0 Å². The topological polar surface area (TPSA) is 122 Å². The second-order valence-corrected chi connectivity index (χ2v) is 5.84. The Labute approximate surface area is 158 Å². The van der Waals surface area contributed by atoms with Crippen LogP contribution in [0.4, 0.5) is 5.13 Å². The maximum absolute atomic E-state index is 11.1. The molecule has 1 amide bonds. The monoisotopic (exact) mass is 322 g/mol. The number of Topliss-reactive ketones (excluding diaryl/α,β-unsaturated/α-hetero) is 1. The molecule has 1 aromatic heterocycles. The summed E-state index contributed by atoms with van der Waals surface area (Å²) in [5.41, 5.74) is 0.449. The minimum Gasteiger partial charge on any atom is -0.810 e. The van der Waals surface area contributed by atoms with Gasteiger partial charge in [-0.2, -0.15) is 0 Å². The summed E-state index contributed by atoms with van der Waals surface area (Å²) < 4.78 is 10.4. The van der Waals surface area contributed by atoms with E-state index in [4.69, 9.17) is 0 Å². The molecule has 0 radical (unpaired) electrons. The zero-order valence-electron chi connectivity index (χ0n) is 11.1. The maximum atomic E-state index is 11.1. The molecule has 11 heteroatoms. The quantitative estimate of drug-likeness (QED) is 0.334. The Kier molecular flexibility index (Phi) is 10.6. The first kappa shape index (κ1) is 22.2. The van der Waals surface area contributed by atoms with Crippen molar-refractivity contribution in [2.45, 2.75) is 13.8 Å². The summed E-state index contributed by atoms with van der Waals surface area (Å²) in [4.78, 5) is 47.2. The van der Waals surface area contributed by atoms with Gasteiger partial charge in [0.25, 0.3) is 0 Å². The number of aryl methyl sites for hydroxylation is 1. The number of anilines is 1. The Balaban J connectivity index is 0. The van der Waals surface area contributed by atoms with Gasteiger partial charge in [-0.15, -0.1) is 0 Å². The average molecular weight is 322 g/mol. The number of thiazole rings is 1. The second kappa shape index (κ2) is 9.04. The van der Waals surface area contributed by atoms with Gasteiger partial charge < -0.3 is 19.7 Å². The molecule has 0 aliphatic heterocycles. The summed E-state index contributed by atoms with van der Waals surface area (Å²) in [5, 5.41) is 2.26. The van der Waals surface area contributed by atoms with E-state index < -0.39 is 19.7 Å². The summed E-state index contributed by atoms with van der Waals surface area (Å²) in [7, 11) is -4.89. The van der Waals surface area contributed by atoms with Crippen molar-refractivity contribution in [2.75, 3.05) is 11.5 Å². The van der Waals surface area contributed by atoms with Gasteiger partial charge in [-0.1, -0.05) is 18.9 Å². The number of rotatable bonds is 4. The van der Waals surface area contributed by atoms with Gasteiger partial charge in [0.2, 0.25) is 5.91 Å². The van der Waals surface area contributed by atoms with Crippen molar-refractivity contribution in [3.05, 3.63) is 10.6 Å². The van der Waals surface area contributed by atoms with Crippen LogP contribution in [0.15, 0.2) is 0 Å². The zero-order chi connectivity index (χ0) is 13.2. The molecule has 0 aromatic carbocycles. The predicted molar refractivity (Wildman–Crippen MR) is 58.0 cm³/mol. The van der Waals surface area contributed by atoms with Crippen molar-refractivity contribution < 1.29 is 83.1 Å². The van der Waals surface area contributed by atoms with Gasteiger partial charge in [-0.25, -0.2) is 4.98 Å². The number of aromatic nitrogens is 1. The van der Waals surface area contributed by atoms with Crippen LogP contribution >= 0.6 is 18.9 Å². The molecule has 0 saturated carbocycles. The number of nitrogens with one attached hydrogen (secondary N) is 1. The van der Waals surface area contributed by atoms with E-state index in [1.807, 2.05) is 0 Å². The molecule has 19 heavy (non-hydrogen) atoms. The minimum absolute atomic E-state index is 0. The van der Waals surface area contributed by atoms with Crippen molar-refractivity contribution in [1.82, 2.24) is 4.98 Å². The van der Waals surface area contributed by atoms with E-state index in [1.165, 1.54) is 6.92 Å². The molecule has 1 rings (SSSR count). The molecule has 0 aliphatic rings. The summed E-state index contributed by atoms with van der Waals surface area (Å²) in [6, 6.07) is 0. The molecular weight excluding hydrogens is 313 g/mol. The Morgan fingerprint density at radius 2 is 1.89 bits per heavy atom. The molecule has 0 bridgehead atoms. The van der Waals surface area contributed by atoms with Gasteiger partial charge in [0.15, 0.2) is 10.9 Å². The third-order valence-electron chi connectivity index (χ3n) is 1.70. The molecule has 94 valence electrons. The van der Waals surface area contributed by atoms with Crippen LogP contribution in [0.3, 0.4) is 0 Å². The van der Waals surface area contributed by atoms with Crippen LogP contribution in [0.5, 0.6) is 0 Å². The summed E-state index contributed by atoms with van der Waals surface area (Å²) in [6.45, 7) is 2.95. The van der Waals surface area contributed by atoms with Gasteiger partial charge in [-0.3, -0.25) is 9.59 Å². The molecule has 1 aromatic rings. The average Bonchev–Trinajstić information content (AvgIpc) is 2.42. The fraction of sp³-hybridized carbons (Fsp3) is 0.375. The van der Waals surface area contributed by atoms with Crippen LogP contribution in [-0.4, -0.2) is 22.8 Å². The van der Waals surface area contributed by atoms with E-state index in [-0.39, 0.29) is 70.0 Å². The van der Waals surface area contributed by atoms with Crippen molar-refractivity contribution in [3.8, 4) is 0 Å². The Bertz CT molecular complexity index is 515. The zero-order valence-corrected chi connectivity index (χ0v) is 16.8. The van der Waals surface area contributed by atoms with Crippen LogP contribution in [0, 0.1) is 6.92 Å². The van der Waals surface area contributed by atoms with Crippen LogP contribution < -0.4 is 74.2 Å². The predicted octanol–water partition coefficient (Wildman–Crippen LogP) is -6.49. The molecule has 1 heterocycles. The van der Waals surface area contributed by atoms with E-state index in [9.17, 15) is 23.9 Å². The molecule has 0 fully saturated rings. The molecule has 0 aliphatic carbocycles. The summed E-state index contributed by atoms with van der Waals surface area (Å²) in [5.74, 6) is -1.15. The molecular formula is C8H9N2Na2O5PS. The van der Waals surface area contributed by atoms with Gasteiger partial charge in [0.1, 0.15) is 0 Å². The number of amides is 1. The van der Waals surface area contributed by atoms with Crippen LogP contribution in [-0.2, 0) is 9.36 Å². The molecule has 0 atom stereocenters. The molecule has 0 saturated heterocycles. The molecule has 1 N–H and O–H groups in total. The Morgan fingerprint density at radius 3 is 2.26 bits per heavy atom. The number of ketones is 1. The summed E-state index contributed by atoms with van der Waals surface area (Å²) >= 11 is 0.936. The minimum atomic E-state index is -4.89. The SMILES string of the molecule is CC(=O)c1sc(NC(=O)CP(=O)([O-])[O-])nc1C.[Na+].[Na+]. The number of hydrogen-bond acceptors (Lipinski definition) is 7. The smallest absolute Gasteiger partial charge is 0.810 e. The third-order valence-corrected chi connectivity index (χ3v) is 3.55. The normalized spacial score (nSPS) is 10.1. The fourth-order valence-corrected chi connectivity index (χ4v) is 2.42. The van der Waals surface area contributed by atoms with Gasteiger partial charge in [0, 0.05) is 6.92 Å². The van der Waals surface area contributed by atoms with E-state index in [0.29, 0.717) is 10.6 Å². The van der Waals surface area contributed by atoms with E-state index in [2.05, 4.69) is 10.3 Å². The van der Waals surface area contributed by atoms with Gasteiger partial charge in [0.05, 0.1) is 16.7 Å². The fourth-order valence-electron chi connectivity index (χ4n) is 1.11. The first-order valence-corrected chi connectivity index (χ1v) is 7.03. The number of hydrogen-bond donors (Lipinski definition) is 1. The van der Waals surface area contributed by atoms with E-state index in [1.54, 1.807) is 6.92 Å². The van der Waals surface area contributed by atoms with Crippen molar-refractivity contribution >= 4 is 35.8 Å². The first-order chi connectivity index (χ1) is 7.69. The maximum Gasteiger partial charge on any atom is 1.00 e. The van der Waals surface area contributed by atoms with Crippen LogP contribution in [0.25, 0.3) is 0 Å². The van der Waals surface area contributed by atoms with Crippen molar-refractivity contribution in [1.29, 1.82) is 0 Å². The largest absolute Gasteiger partial charge is 1.00 e. The Hall–Kier alpha value is 0.920. The molecule has 7 nitrogen and oxygen atoms in total. The van der Waals surface area contributed by atoms with Crippen molar-refractivity contribution in [3.63, 3.8) is 0 Å². The van der Waals surface area contributed by atoms with Crippen molar-refractivity contribution in [2.24, 2.45) is 0 Å². The molecule has 0 unspecified atom stereocenters. The summed E-state index contributed by atoms with van der Waals surface area (Å²) in [6.07, 6.45) is -1.12. The van der Waals surface area contributed by atoms with Gasteiger partial charge in [-0.05, 0) is 6.92 Å². The standard InChI is InChI=1S/C8H11N2O5PS.2Na/c1-4-7(5(2)11)17-8(9-4)10-6(12)3-16(13,14)15;;/h3H2,1-2H3,(H,9,10,12)(H2,13,14,15);;/q;2*+1/p-2. The van der Waals surface area contributed by atoms with E-state index in [0.717, 1.165) is 11.3 Å². The van der Waals surface area contributed by atoms with E-state index >= 15 is 0 Å². The number of carbonyl (C=O) groups is 2. The first-order valence-electron chi connectivity index (χ1n) is 4.48. The Morgan fingerprint density at radius 1 is 1.37 bits per heavy atom. The number of nitrogens with zero attached hydrogens (tertiary/aromatic N) is 1.